The minimum absolute atomic E-state index is 0. The largest absolute Gasteiger partial charge is 0.204 e. The lowest BCUT2D eigenvalue weighted by atomic mass is 9.69. The Morgan fingerprint density at radius 3 is 2.09 bits per heavy atom. The summed E-state index contributed by atoms with van der Waals surface area (Å²) in [7, 11) is 0. The molecule has 2 saturated carbocycles. The summed E-state index contributed by atoms with van der Waals surface area (Å²) in [6, 6.07) is 4.35. The number of aryl methyl sites for hydroxylation is 1. The first kappa shape index (κ1) is 16.9. The van der Waals surface area contributed by atoms with Gasteiger partial charge in [-0.1, -0.05) is 38.7 Å². The molecule has 0 N–H and O–H groups in total. The molecule has 0 aromatic heterocycles. The van der Waals surface area contributed by atoms with Crippen LogP contribution in [0.4, 0.5) is 8.78 Å². The Kier molecular flexibility index (Phi) is 5.71. The molecular formula is C21H34F2. The minimum Gasteiger partial charge on any atom is -0.204 e. The van der Waals surface area contributed by atoms with Gasteiger partial charge < -0.3 is 0 Å². The van der Waals surface area contributed by atoms with E-state index in [1.54, 1.807) is 6.07 Å². The van der Waals surface area contributed by atoms with Crippen LogP contribution in [-0.2, 0) is 6.42 Å². The number of benzene rings is 1. The molecule has 1 aromatic rings. The topological polar surface area (TPSA) is 0 Å². The highest BCUT2D eigenvalue weighted by atomic mass is 19.2. The third-order valence-electron chi connectivity index (χ3n) is 6.44. The molecular weight excluding hydrogens is 290 g/mol. The molecule has 0 aliphatic heterocycles. The Bertz CT molecular complexity index is 505. The Labute approximate surface area is 142 Å². The molecule has 0 spiro atoms. The second kappa shape index (κ2) is 7.77. The van der Waals surface area contributed by atoms with Crippen molar-refractivity contribution in [1.82, 2.24) is 0 Å². The molecule has 0 bridgehead atoms. The fourth-order valence-electron chi connectivity index (χ4n) is 4.77. The van der Waals surface area contributed by atoms with Crippen molar-refractivity contribution in [3.05, 3.63) is 35.4 Å². The molecule has 23 heavy (non-hydrogen) atoms. The predicted octanol–water partition coefficient (Wildman–Crippen LogP) is 7.02. The van der Waals surface area contributed by atoms with Crippen molar-refractivity contribution in [2.45, 2.75) is 71.1 Å². The maximum absolute atomic E-state index is 13.3. The Hall–Kier alpha value is -0.920. The van der Waals surface area contributed by atoms with Crippen LogP contribution in [-0.4, -0.2) is 0 Å². The zero-order valence-electron chi connectivity index (χ0n) is 14.4. The van der Waals surface area contributed by atoms with Crippen LogP contribution in [0.15, 0.2) is 18.2 Å². The average molecular weight is 324 g/mol. The van der Waals surface area contributed by atoms with Gasteiger partial charge in [0.05, 0.1) is 0 Å². The van der Waals surface area contributed by atoms with Crippen LogP contribution in [0.2, 0.25) is 0 Å². The van der Waals surface area contributed by atoms with Gasteiger partial charge in [-0.3, -0.25) is 0 Å². The van der Waals surface area contributed by atoms with Crippen LogP contribution in [0.3, 0.4) is 0 Å². The zero-order chi connectivity index (χ0) is 16.2. The van der Waals surface area contributed by atoms with Gasteiger partial charge >= 0.3 is 0 Å². The smallest absolute Gasteiger partial charge is 0.159 e. The fraction of sp³-hybridized carbons (Fsp3) is 0.714. The Morgan fingerprint density at radius 1 is 0.870 bits per heavy atom. The van der Waals surface area contributed by atoms with Crippen LogP contribution in [0.5, 0.6) is 0 Å². The molecule has 2 fully saturated rings. The summed E-state index contributed by atoms with van der Waals surface area (Å²) in [6.07, 6.45) is 13.2. The van der Waals surface area contributed by atoms with Crippen molar-refractivity contribution in [3.63, 3.8) is 0 Å². The quantitative estimate of drug-likeness (QED) is 0.558. The lowest BCUT2D eigenvalue weighted by Gasteiger charge is -2.37. The van der Waals surface area contributed by atoms with Gasteiger partial charge in [0.2, 0.25) is 0 Å². The third-order valence-corrected chi connectivity index (χ3v) is 6.44. The normalized spacial score (nSPS) is 32.0. The third kappa shape index (κ3) is 4.55. The van der Waals surface area contributed by atoms with E-state index in [1.807, 2.05) is 0 Å². The molecule has 0 amide bonds. The minimum atomic E-state index is -0.740. The number of rotatable bonds is 4. The van der Waals surface area contributed by atoms with Gasteiger partial charge in [-0.15, -0.1) is 0 Å². The number of halogens is 2. The van der Waals surface area contributed by atoms with E-state index < -0.39 is 11.6 Å². The second-order valence-corrected chi connectivity index (χ2v) is 8.09. The lowest BCUT2D eigenvalue weighted by Crippen LogP contribution is -2.25. The van der Waals surface area contributed by atoms with Crippen molar-refractivity contribution >= 4 is 0 Å². The van der Waals surface area contributed by atoms with E-state index in [0.717, 1.165) is 42.1 Å². The first-order valence-corrected chi connectivity index (χ1v) is 9.55. The predicted molar refractivity (Wildman–Crippen MR) is 95.5 cm³/mol. The van der Waals surface area contributed by atoms with Crippen molar-refractivity contribution in [2.75, 3.05) is 0 Å². The highest BCUT2D eigenvalue weighted by Gasteiger charge is 2.29. The van der Waals surface area contributed by atoms with Crippen LogP contribution >= 0.6 is 0 Å². The molecule has 2 heteroatoms. The van der Waals surface area contributed by atoms with Crippen LogP contribution in [0, 0.1) is 35.3 Å². The van der Waals surface area contributed by atoms with Crippen molar-refractivity contribution in [1.29, 1.82) is 0 Å². The Balaban J connectivity index is 0.00000156. The monoisotopic (exact) mass is 324 g/mol. The number of hydrogen-bond donors (Lipinski definition) is 0. The van der Waals surface area contributed by atoms with Crippen molar-refractivity contribution in [2.24, 2.45) is 23.7 Å². The van der Waals surface area contributed by atoms with Gasteiger partial charge in [0.1, 0.15) is 0 Å². The van der Waals surface area contributed by atoms with Crippen molar-refractivity contribution in [3.8, 4) is 0 Å². The first-order valence-electron chi connectivity index (χ1n) is 9.55. The van der Waals surface area contributed by atoms with Gasteiger partial charge in [-0.2, -0.15) is 0 Å². The van der Waals surface area contributed by atoms with Gasteiger partial charge in [-0.05, 0) is 79.9 Å². The van der Waals surface area contributed by atoms with E-state index in [1.165, 1.54) is 63.5 Å². The van der Waals surface area contributed by atoms with Crippen LogP contribution in [0.25, 0.3) is 0 Å². The van der Waals surface area contributed by atoms with E-state index in [9.17, 15) is 8.78 Å². The summed E-state index contributed by atoms with van der Waals surface area (Å²) in [5, 5.41) is 0. The summed E-state index contributed by atoms with van der Waals surface area (Å²) >= 11 is 0. The summed E-state index contributed by atoms with van der Waals surface area (Å²) in [6.45, 7) is 2.39. The lowest BCUT2D eigenvalue weighted by molar-refractivity contribution is 0.148. The maximum Gasteiger partial charge on any atom is 0.159 e. The van der Waals surface area contributed by atoms with E-state index in [4.69, 9.17) is 0 Å². The van der Waals surface area contributed by atoms with E-state index in [0.29, 0.717) is 0 Å². The molecule has 132 valence electrons. The van der Waals surface area contributed by atoms with Gasteiger partial charge in [0, 0.05) is 2.85 Å². The zero-order valence-corrected chi connectivity index (χ0v) is 14.4. The van der Waals surface area contributed by atoms with Gasteiger partial charge in [0.15, 0.2) is 11.6 Å². The SMILES string of the molecule is CC1CCC(C2CCC(CCc3ccc(F)c(F)c3)CC2)CC1.[HH].[HH]. The number of hydrogen-bond acceptors (Lipinski definition) is 0. The van der Waals surface area contributed by atoms with Crippen LogP contribution < -0.4 is 0 Å². The van der Waals surface area contributed by atoms with E-state index in [-0.39, 0.29) is 2.85 Å². The molecule has 3 rings (SSSR count). The molecule has 2 aliphatic rings. The molecule has 2 aliphatic carbocycles. The molecule has 1 aromatic carbocycles. The molecule has 0 atom stereocenters. The summed E-state index contributed by atoms with van der Waals surface area (Å²) in [4.78, 5) is 0. The molecule has 0 saturated heterocycles. The highest BCUT2D eigenvalue weighted by molar-refractivity contribution is 5.17. The molecule has 0 radical (unpaired) electrons. The van der Waals surface area contributed by atoms with Gasteiger partial charge in [0.25, 0.3) is 0 Å². The first-order chi connectivity index (χ1) is 11.1. The summed E-state index contributed by atoms with van der Waals surface area (Å²) < 4.78 is 26.2. The standard InChI is InChI=1S/C21H30F2.2H2/c1-15-2-9-18(10-3-15)19-11-6-16(7-12-19)4-5-17-8-13-20(22)21(23)14-17;;/h8,13-16,18-19H,2-7,9-12H2,1H3;2*1H. The highest BCUT2D eigenvalue weighted by Crippen LogP contribution is 2.42. The summed E-state index contributed by atoms with van der Waals surface area (Å²) in [5.41, 5.74) is 0.937. The maximum atomic E-state index is 13.3. The molecule has 0 unspecified atom stereocenters. The van der Waals surface area contributed by atoms with Crippen LogP contribution in [0.1, 0.15) is 73.1 Å². The average Bonchev–Trinajstić information content (AvgIpc) is 2.57. The fourth-order valence-corrected chi connectivity index (χ4v) is 4.77. The molecule has 0 nitrogen and oxygen atoms in total. The molecule has 0 heterocycles. The van der Waals surface area contributed by atoms with E-state index >= 15 is 0 Å². The second-order valence-electron chi connectivity index (χ2n) is 8.09. The van der Waals surface area contributed by atoms with E-state index in [2.05, 4.69) is 6.92 Å². The van der Waals surface area contributed by atoms with Crippen molar-refractivity contribution < 1.29 is 11.6 Å². The Morgan fingerprint density at radius 2 is 1.48 bits per heavy atom. The van der Waals surface area contributed by atoms with Gasteiger partial charge in [-0.25, -0.2) is 8.78 Å². The summed E-state index contributed by atoms with van der Waals surface area (Å²) in [5.74, 6) is 2.22.